The van der Waals surface area contributed by atoms with Gasteiger partial charge in [-0.2, -0.15) is 0 Å². The molecule has 1 aliphatic heterocycles. The topological polar surface area (TPSA) is 28.6 Å². The fraction of sp³-hybridized carbons (Fsp3) is 0.615. The molecule has 0 amide bonds. The van der Waals surface area contributed by atoms with Crippen LogP contribution in [0.2, 0.25) is 10.0 Å². The van der Waals surface area contributed by atoms with Crippen LogP contribution in [-0.4, -0.2) is 55.8 Å². The maximum absolute atomic E-state index is 6.18. The van der Waals surface area contributed by atoms with Crippen LogP contribution in [0.25, 0.3) is 0 Å². The lowest BCUT2D eigenvalue weighted by molar-refractivity contribution is 0.111. The second-order valence-electron chi connectivity index (χ2n) is 4.48. The van der Waals surface area contributed by atoms with Gasteiger partial charge >= 0.3 is 0 Å². The smallest absolute Gasteiger partial charge is 0.147 e. The van der Waals surface area contributed by atoms with Gasteiger partial charge in [-0.15, -0.1) is 0 Å². The number of rotatable bonds is 5. The number of hydrogen-bond donors (Lipinski definition) is 0. The predicted octanol–water partition coefficient (Wildman–Crippen LogP) is 2.55. The van der Waals surface area contributed by atoms with Gasteiger partial charge in [-0.05, 0) is 13.0 Å². The molecule has 0 aliphatic carbocycles. The van der Waals surface area contributed by atoms with Crippen LogP contribution < -0.4 is 4.90 Å². The first-order valence-corrected chi connectivity index (χ1v) is 7.32. The first kappa shape index (κ1) is 14.9. The van der Waals surface area contributed by atoms with Crippen LogP contribution in [0.4, 0.5) is 5.82 Å². The summed E-state index contributed by atoms with van der Waals surface area (Å²) in [5, 5.41) is 1.19. The Morgan fingerprint density at radius 2 is 2.00 bits per heavy atom. The minimum absolute atomic E-state index is 0.573. The van der Waals surface area contributed by atoms with E-state index in [1.54, 1.807) is 12.3 Å². The molecule has 0 unspecified atom stereocenters. The Labute approximate surface area is 124 Å². The van der Waals surface area contributed by atoms with Gasteiger partial charge in [-0.3, -0.25) is 4.90 Å². The molecule has 0 bridgehead atoms. The molecule has 0 aromatic carbocycles. The molecule has 4 nitrogen and oxygen atoms in total. The standard InChI is InChI=1S/C13H19Cl2N3O/c1-2-19-8-7-17-3-5-18(6-4-17)13-12(15)9-11(14)10-16-13/h9-10H,2-8H2,1H3. The minimum atomic E-state index is 0.573. The summed E-state index contributed by atoms with van der Waals surface area (Å²) >= 11 is 12.0. The van der Waals surface area contributed by atoms with Crippen molar-refractivity contribution in [3.8, 4) is 0 Å². The molecule has 0 saturated carbocycles. The first-order valence-electron chi connectivity index (χ1n) is 6.56. The van der Waals surface area contributed by atoms with Crippen molar-refractivity contribution in [1.29, 1.82) is 0 Å². The molecule has 0 radical (unpaired) electrons. The molecule has 2 rings (SSSR count). The lowest BCUT2D eigenvalue weighted by Crippen LogP contribution is -2.47. The Bertz CT molecular complexity index is 409. The van der Waals surface area contributed by atoms with E-state index in [1.165, 1.54) is 0 Å². The summed E-state index contributed by atoms with van der Waals surface area (Å²) in [6.07, 6.45) is 1.64. The van der Waals surface area contributed by atoms with Crippen LogP contribution in [0.5, 0.6) is 0 Å². The number of anilines is 1. The molecule has 19 heavy (non-hydrogen) atoms. The molecular formula is C13H19Cl2N3O. The van der Waals surface area contributed by atoms with Crippen molar-refractivity contribution in [1.82, 2.24) is 9.88 Å². The number of piperazine rings is 1. The number of hydrogen-bond acceptors (Lipinski definition) is 4. The average Bonchev–Trinajstić information content (AvgIpc) is 2.40. The number of ether oxygens (including phenoxy) is 1. The Morgan fingerprint density at radius 1 is 1.26 bits per heavy atom. The molecule has 1 saturated heterocycles. The third kappa shape index (κ3) is 4.21. The summed E-state index contributed by atoms with van der Waals surface area (Å²) < 4.78 is 5.38. The Balaban J connectivity index is 1.85. The van der Waals surface area contributed by atoms with Crippen LogP contribution in [0, 0.1) is 0 Å². The SMILES string of the molecule is CCOCCN1CCN(c2ncc(Cl)cc2Cl)CC1. The lowest BCUT2D eigenvalue weighted by Gasteiger charge is -2.35. The van der Waals surface area contributed by atoms with E-state index in [1.807, 2.05) is 6.92 Å². The van der Waals surface area contributed by atoms with Gasteiger partial charge in [0.25, 0.3) is 0 Å². The maximum Gasteiger partial charge on any atom is 0.147 e. The van der Waals surface area contributed by atoms with Crippen molar-refractivity contribution in [2.45, 2.75) is 6.92 Å². The summed E-state index contributed by atoms with van der Waals surface area (Å²) in [4.78, 5) is 8.92. The summed E-state index contributed by atoms with van der Waals surface area (Å²) in [7, 11) is 0. The molecule has 1 aromatic rings. The molecule has 0 N–H and O–H groups in total. The van der Waals surface area contributed by atoms with Crippen molar-refractivity contribution >= 4 is 29.0 Å². The minimum Gasteiger partial charge on any atom is -0.380 e. The van der Waals surface area contributed by atoms with Gasteiger partial charge in [-0.1, -0.05) is 23.2 Å². The third-order valence-electron chi connectivity index (χ3n) is 3.22. The van der Waals surface area contributed by atoms with E-state index in [-0.39, 0.29) is 0 Å². The van der Waals surface area contributed by atoms with E-state index in [0.29, 0.717) is 10.0 Å². The maximum atomic E-state index is 6.18. The van der Waals surface area contributed by atoms with E-state index in [2.05, 4.69) is 14.8 Å². The number of nitrogens with zero attached hydrogens (tertiary/aromatic N) is 3. The van der Waals surface area contributed by atoms with Gasteiger partial charge in [0.2, 0.25) is 0 Å². The molecule has 0 spiro atoms. The van der Waals surface area contributed by atoms with Gasteiger partial charge in [0.15, 0.2) is 0 Å². The van der Waals surface area contributed by atoms with Crippen molar-refractivity contribution in [2.75, 3.05) is 50.8 Å². The van der Waals surface area contributed by atoms with E-state index in [9.17, 15) is 0 Å². The van der Waals surface area contributed by atoms with Crippen molar-refractivity contribution in [2.24, 2.45) is 0 Å². The summed E-state index contributed by atoms with van der Waals surface area (Å²) in [6.45, 7) is 8.47. The molecule has 106 valence electrons. The second kappa shape index (κ2) is 7.29. The summed E-state index contributed by atoms with van der Waals surface area (Å²) in [5.74, 6) is 0.829. The van der Waals surface area contributed by atoms with E-state index >= 15 is 0 Å². The normalized spacial score (nSPS) is 16.9. The fourth-order valence-electron chi connectivity index (χ4n) is 2.16. The van der Waals surface area contributed by atoms with Crippen molar-refractivity contribution in [3.05, 3.63) is 22.3 Å². The summed E-state index contributed by atoms with van der Waals surface area (Å²) in [5.41, 5.74) is 0. The molecule has 1 aromatic heterocycles. The van der Waals surface area contributed by atoms with E-state index < -0.39 is 0 Å². The monoisotopic (exact) mass is 303 g/mol. The van der Waals surface area contributed by atoms with Gasteiger partial charge in [0.1, 0.15) is 5.82 Å². The van der Waals surface area contributed by atoms with Gasteiger partial charge in [0, 0.05) is 45.5 Å². The predicted molar refractivity (Wildman–Crippen MR) is 79.4 cm³/mol. The number of pyridine rings is 1. The Hall–Kier alpha value is -0.550. The first-order chi connectivity index (χ1) is 9.20. The molecule has 1 fully saturated rings. The zero-order valence-electron chi connectivity index (χ0n) is 11.1. The van der Waals surface area contributed by atoms with Crippen molar-refractivity contribution in [3.63, 3.8) is 0 Å². The zero-order valence-corrected chi connectivity index (χ0v) is 12.6. The van der Waals surface area contributed by atoms with Crippen LogP contribution >= 0.6 is 23.2 Å². The molecular weight excluding hydrogens is 285 g/mol. The Kier molecular flexibility index (Phi) is 5.70. The second-order valence-corrected chi connectivity index (χ2v) is 5.33. The Morgan fingerprint density at radius 3 is 2.63 bits per heavy atom. The molecule has 2 heterocycles. The van der Waals surface area contributed by atoms with Crippen LogP contribution in [0.1, 0.15) is 6.92 Å². The average molecular weight is 304 g/mol. The largest absolute Gasteiger partial charge is 0.380 e. The number of halogens is 2. The van der Waals surface area contributed by atoms with Crippen molar-refractivity contribution < 1.29 is 4.74 Å². The van der Waals surface area contributed by atoms with Gasteiger partial charge in [-0.25, -0.2) is 4.98 Å². The summed E-state index contributed by atoms with van der Waals surface area (Å²) in [6, 6.07) is 1.74. The highest BCUT2D eigenvalue weighted by atomic mass is 35.5. The van der Waals surface area contributed by atoms with Crippen LogP contribution in [-0.2, 0) is 4.74 Å². The van der Waals surface area contributed by atoms with Gasteiger partial charge < -0.3 is 9.64 Å². The fourth-order valence-corrected chi connectivity index (χ4v) is 2.66. The highest BCUT2D eigenvalue weighted by molar-refractivity contribution is 6.36. The van der Waals surface area contributed by atoms with Crippen LogP contribution in [0.15, 0.2) is 12.3 Å². The van der Waals surface area contributed by atoms with E-state index in [0.717, 1.165) is 51.8 Å². The quantitative estimate of drug-likeness (QED) is 0.782. The lowest BCUT2D eigenvalue weighted by atomic mass is 10.3. The highest BCUT2D eigenvalue weighted by Gasteiger charge is 2.19. The highest BCUT2D eigenvalue weighted by Crippen LogP contribution is 2.26. The molecule has 0 atom stereocenters. The van der Waals surface area contributed by atoms with Gasteiger partial charge in [0.05, 0.1) is 16.7 Å². The number of aromatic nitrogens is 1. The molecule has 6 heteroatoms. The third-order valence-corrected chi connectivity index (χ3v) is 3.70. The zero-order chi connectivity index (χ0) is 13.7. The molecule has 1 aliphatic rings. The van der Waals surface area contributed by atoms with E-state index in [4.69, 9.17) is 27.9 Å². The van der Waals surface area contributed by atoms with Crippen LogP contribution in [0.3, 0.4) is 0 Å².